The second-order valence-corrected chi connectivity index (χ2v) is 3.18. The van der Waals surface area contributed by atoms with E-state index in [0.29, 0.717) is 0 Å². The summed E-state index contributed by atoms with van der Waals surface area (Å²) in [5.41, 5.74) is 0. The van der Waals surface area contributed by atoms with Gasteiger partial charge in [0.2, 0.25) is 0 Å². The second kappa shape index (κ2) is 4.51. The van der Waals surface area contributed by atoms with Crippen molar-refractivity contribution in [3.8, 4) is 0 Å². The number of methoxy groups -OCH3 is 1. The van der Waals surface area contributed by atoms with Crippen LogP contribution >= 0.6 is 11.9 Å². The molecule has 0 amide bonds. The largest absolute Gasteiger partial charge is 0.383 e. The van der Waals surface area contributed by atoms with Gasteiger partial charge in [-0.3, -0.25) is 0 Å². The molecular weight excluding hydrogens is 160 g/mol. The van der Waals surface area contributed by atoms with Crippen LogP contribution in [0.2, 0.25) is 0 Å². The van der Waals surface area contributed by atoms with E-state index in [2.05, 4.69) is 27.9 Å². The summed E-state index contributed by atoms with van der Waals surface area (Å²) in [7, 11) is 1.73. The molecule has 0 radical (unpaired) electrons. The van der Waals surface area contributed by atoms with E-state index in [-0.39, 0.29) is 0 Å². The Kier molecular flexibility index (Phi) is 3.59. The molecule has 0 saturated heterocycles. The molecule has 1 rings (SSSR count). The molecule has 0 spiro atoms. The van der Waals surface area contributed by atoms with Crippen molar-refractivity contribution in [1.82, 2.24) is 9.21 Å². The minimum atomic E-state index is 0.798. The van der Waals surface area contributed by atoms with Crippen molar-refractivity contribution >= 4 is 11.9 Å². The highest BCUT2D eigenvalue weighted by atomic mass is 32.2. The van der Waals surface area contributed by atoms with Crippen molar-refractivity contribution in [2.45, 2.75) is 0 Å². The molecule has 0 atom stereocenters. The van der Waals surface area contributed by atoms with Gasteiger partial charge in [-0.25, -0.2) is 0 Å². The van der Waals surface area contributed by atoms with Crippen LogP contribution in [-0.4, -0.2) is 42.4 Å². The van der Waals surface area contributed by atoms with Crippen LogP contribution < -0.4 is 0 Å². The summed E-state index contributed by atoms with van der Waals surface area (Å²) in [5.74, 6) is 0. The highest BCUT2D eigenvalue weighted by Gasteiger charge is 2.09. The standard InChI is InChI=1S/C7H14N2OS/c1-10-6-5-8-3-4-9(7-8)11-2/h3-4H,5-7H2,1-2H3. The maximum Gasteiger partial charge on any atom is 0.1000 e. The zero-order valence-corrected chi connectivity index (χ0v) is 7.80. The summed E-state index contributed by atoms with van der Waals surface area (Å²) in [6.07, 6.45) is 6.25. The predicted octanol–water partition coefficient (Wildman–Crippen LogP) is 0.957. The fourth-order valence-corrected chi connectivity index (χ4v) is 1.35. The Balaban J connectivity index is 2.15. The molecule has 0 aromatic carbocycles. The summed E-state index contributed by atoms with van der Waals surface area (Å²) < 4.78 is 7.15. The Bertz CT molecular complexity index is 140. The number of hydrogen-bond acceptors (Lipinski definition) is 4. The smallest absolute Gasteiger partial charge is 0.1000 e. The molecular formula is C7H14N2OS. The predicted molar refractivity (Wildman–Crippen MR) is 47.9 cm³/mol. The fraction of sp³-hybridized carbons (Fsp3) is 0.714. The summed E-state index contributed by atoms with van der Waals surface area (Å²) in [4.78, 5) is 2.22. The number of hydrogen-bond donors (Lipinski definition) is 0. The van der Waals surface area contributed by atoms with Gasteiger partial charge < -0.3 is 13.9 Å². The Hall–Kier alpha value is -0.350. The van der Waals surface area contributed by atoms with Crippen molar-refractivity contribution in [1.29, 1.82) is 0 Å². The van der Waals surface area contributed by atoms with E-state index in [9.17, 15) is 0 Å². The van der Waals surface area contributed by atoms with Gasteiger partial charge in [0.15, 0.2) is 0 Å². The second-order valence-electron chi connectivity index (χ2n) is 2.34. The Morgan fingerprint density at radius 2 is 2.36 bits per heavy atom. The molecule has 1 heterocycles. The van der Waals surface area contributed by atoms with Gasteiger partial charge in [-0.1, -0.05) is 11.9 Å². The minimum absolute atomic E-state index is 0.798. The average Bonchev–Trinajstić information content (AvgIpc) is 2.48. The molecule has 0 N–H and O–H groups in total. The topological polar surface area (TPSA) is 15.7 Å². The molecule has 0 aromatic rings. The third-order valence-corrected chi connectivity index (χ3v) is 2.29. The van der Waals surface area contributed by atoms with Crippen LogP contribution in [-0.2, 0) is 4.74 Å². The van der Waals surface area contributed by atoms with Crippen LogP contribution in [0.25, 0.3) is 0 Å². The van der Waals surface area contributed by atoms with Crippen LogP contribution in [0.3, 0.4) is 0 Å². The first-order valence-corrected chi connectivity index (χ1v) is 4.77. The highest BCUT2D eigenvalue weighted by molar-refractivity contribution is 7.96. The van der Waals surface area contributed by atoms with Gasteiger partial charge in [0.1, 0.15) is 0 Å². The first-order chi connectivity index (χ1) is 5.36. The zero-order valence-electron chi connectivity index (χ0n) is 6.99. The zero-order chi connectivity index (χ0) is 8.10. The molecule has 0 fully saturated rings. The first kappa shape index (κ1) is 8.74. The monoisotopic (exact) mass is 174 g/mol. The molecule has 64 valence electrons. The summed E-state index contributed by atoms with van der Waals surface area (Å²) in [5, 5.41) is 0. The molecule has 0 aromatic heterocycles. The SMILES string of the molecule is COCCN1C=CN(SC)C1. The molecule has 0 saturated carbocycles. The minimum Gasteiger partial charge on any atom is -0.383 e. The van der Waals surface area contributed by atoms with Gasteiger partial charge in [0, 0.05) is 32.3 Å². The lowest BCUT2D eigenvalue weighted by molar-refractivity contribution is 0.167. The molecule has 0 aliphatic carbocycles. The lowest BCUT2D eigenvalue weighted by Gasteiger charge is -2.18. The first-order valence-electron chi connectivity index (χ1n) is 3.59. The normalized spacial score (nSPS) is 16.5. The third-order valence-electron chi connectivity index (χ3n) is 1.58. The van der Waals surface area contributed by atoms with Gasteiger partial charge >= 0.3 is 0 Å². The number of nitrogens with zero attached hydrogens (tertiary/aromatic N) is 2. The average molecular weight is 174 g/mol. The van der Waals surface area contributed by atoms with Crippen molar-refractivity contribution in [2.24, 2.45) is 0 Å². The summed E-state index contributed by atoms with van der Waals surface area (Å²) >= 11 is 1.73. The van der Waals surface area contributed by atoms with E-state index in [1.807, 2.05) is 0 Å². The van der Waals surface area contributed by atoms with E-state index >= 15 is 0 Å². The Morgan fingerprint density at radius 1 is 1.55 bits per heavy atom. The maximum absolute atomic E-state index is 4.97. The summed E-state index contributed by atoms with van der Waals surface area (Å²) in [6, 6.07) is 0. The van der Waals surface area contributed by atoms with Gasteiger partial charge in [-0.15, -0.1) is 0 Å². The van der Waals surface area contributed by atoms with E-state index < -0.39 is 0 Å². The Morgan fingerprint density at radius 3 is 2.91 bits per heavy atom. The van der Waals surface area contributed by atoms with E-state index in [0.717, 1.165) is 19.8 Å². The lowest BCUT2D eigenvalue weighted by atomic mass is 10.6. The fourth-order valence-electron chi connectivity index (χ4n) is 0.914. The molecule has 0 unspecified atom stereocenters. The number of ether oxygens (including phenoxy) is 1. The molecule has 4 heteroatoms. The van der Waals surface area contributed by atoms with Gasteiger partial charge in [0.25, 0.3) is 0 Å². The molecule has 1 aliphatic heterocycles. The highest BCUT2D eigenvalue weighted by Crippen LogP contribution is 2.13. The van der Waals surface area contributed by atoms with Gasteiger partial charge in [-0.05, 0) is 0 Å². The maximum atomic E-state index is 4.97. The van der Waals surface area contributed by atoms with Crippen molar-refractivity contribution in [3.63, 3.8) is 0 Å². The molecule has 1 aliphatic rings. The van der Waals surface area contributed by atoms with E-state index in [4.69, 9.17) is 4.74 Å². The number of rotatable bonds is 4. The van der Waals surface area contributed by atoms with Crippen molar-refractivity contribution in [3.05, 3.63) is 12.4 Å². The van der Waals surface area contributed by atoms with Gasteiger partial charge in [0.05, 0.1) is 13.3 Å². The van der Waals surface area contributed by atoms with Crippen molar-refractivity contribution < 1.29 is 4.74 Å². The third kappa shape index (κ3) is 2.63. The lowest BCUT2D eigenvalue weighted by Crippen LogP contribution is -2.24. The molecule has 11 heavy (non-hydrogen) atoms. The quantitative estimate of drug-likeness (QED) is 0.590. The van der Waals surface area contributed by atoms with Crippen LogP contribution in [0.4, 0.5) is 0 Å². The van der Waals surface area contributed by atoms with Gasteiger partial charge in [-0.2, -0.15) is 0 Å². The summed E-state index contributed by atoms with van der Waals surface area (Å²) in [6.45, 7) is 2.75. The van der Waals surface area contributed by atoms with Crippen molar-refractivity contribution in [2.75, 3.05) is 33.2 Å². The molecule has 0 bridgehead atoms. The molecule has 3 nitrogen and oxygen atoms in total. The Labute approximate surface area is 72.1 Å². The van der Waals surface area contributed by atoms with E-state index in [1.165, 1.54) is 0 Å². The van der Waals surface area contributed by atoms with Crippen LogP contribution in [0, 0.1) is 0 Å². The van der Waals surface area contributed by atoms with Crippen LogP contribution in [0.1, 0.15) is 0 Å². The van der Waals surface area contributed by atoms with Crippen LogP contribution in [0.15, 0.2) is 12.4 Å². The van der Waals surface area contributed by atoms with Crippen LogP contribution in [0.5, 0.6) is 0 Å². The van der Waals surface area contributed by atoms with E-state index in [1.54, 1.807) is 19.1 Å².